The maximum absolute atomic E-state index is 9.10. The Morgan fingerprint density at radius 3 is 2.18 bits per heavy atom. The second-order valence-corrected chi connectivity index (χ2v) is 5.60. The lowest BCUT2D eigenvalue weighted by Crippen LogP contribution is -2.46. The number of ether oxygens (including phenoxy) is 1. The van der Waals surface area contributed by atoms with Crippen LogP contribution in [-0.4, -0.2) is 53.8 Å². The average molecular weight is 307 g/mol. The number of para-hydroxylation sites is 1. The van der Waals surface area contributed by atoms with Crippen LogP contribution in [0.2, 0.25) is 0 Å². The molecule has 22 heavy (non-hydrogen) atoms. The molecule has 3 heterocycles. The summed E-state index contributed by atoms with van der Waals surface area (Å²) in [6.07, 6.45) is 2.73. The van der Waals surface area contributed by atoms with Gasteiger partial charge in [0, 0.05) is 12.5 Å². The van der Waals surface area contributed by atoms with Crippen molar-refractivity contribution < 1.29 is 24.5 Å². The van der Waals surface area contributed by atoms with Gasteiger partial charge in [-0.25, -0.2) is 9.59 Å². The van der Waals surface area contributed by atoms with E-state index < -0.39 is 11.9 Å². The Hall–Kier alpha value is -2.08. The summed E-state index contributed by atoms with van der Waals surface area (Å²) in [5.74, 6) is -1.01. The Bertz CT molecular complexity index is 525. The quantitative estimate of drug-likeness (QED) is 0.808. The standard InChI is InChI=1S/C14H19NO.C2H2O4/c1-16-14-5-3-2-4-12(14)13-10-15-8-6-11(13)7-9-15;3-1(4)2(5)6/h2-5,11,13H,6-10H2,1H3;(H,3,4)(H,5,6). The van der Waals surface area contributed by atoms with Crippen molar-refractivity contribution >= 4 is 11.9 Å². The normalized spacial score (nSPS) is 25.8. The number of benzene rings is 1. The zero-order valence-corrected chi connectivity index (χ0v) is 12.6. The molecule has 1 unspecified atom stereocenters. The van der Waals surface area contributed by atoms with Crippen molar-refractivity contribution in [3.05, 3.63) is 29.8 Å². The van der Waals surface area contributed by atoms with E-state index in [2.05, 4.69) is 29.2 Å². The van der Waals surface area contributed by atoms with Gasteiger partial charge >= 0.3 is 11.9 Å². The smallest absolute Gasteiger partial charge is 0.414 e. The molecular formula is C16H21NO5. The Morgan fingerprint density at radius 2 is 1.73 bits per heavy atom. The number of hydrogen-bond acceptors (Lipinski definition) is 4. The van der Waals surface area contributed by atoms with Gasteiger partial charge in [0.15, 0.2) is 0 Å². The first kappa shape index (κ1) is 16.3. The average Bonchev–Trinajstić information content (AvgIpc) is 2.56. The lowest BCUT2D eigenvalue weighted by molar-refractivity contribution is -0.159. The van der Waals surface area contributed by atoms with Gasteiger partial charge < -0.3 is 19.8 Å². The molecule has 1 aromatic rings. The van der Waals surface area contributed by atoms with E-state index in [1.54, 1.807) is 7.11 Å². The molecule has 6 nitrogen and oxygen atoms in total. The number of nitrogens with zero attached hydrogens (tertiary/aromatic N) is 1. The molecule has 2 N–H and O–H groups in total. The summed E-state index contributed by atoms with van der Waals surface area (Å²) in [4.78, 5) is 20.8. The van der Waals surface area contributed by atoms with Crippen LogP contribution in [0.3, 0.4) is 0 Å². The maximum atomic E-state index is 9.10. The van der Waals surface area contributed by atoms with Crippen LogP contribution >= 0.6 is 0 Å². The second-order valence-electron chi connectivity index (χ2n) is 5.60. The van der Waals surface area contributed by atoms with Crippen molar-refractivity contribution in [3.8, 4) is 5.75 Å². The van der Waals surface area contributed by atoms with Gasteiger partial charge in [-0.1, -0.05) is 18.2 Å². The number of carboxylic acids is 2. The molecule has 6 heteroatoms. The summed E-state index contributed by atoms with van der Waals surface area (Å²) in [6, 6.07) is 8.53. The lowest BCUT2D eigenvalue weighted by Gasteiger charge is -2.45. The first-order valence-corrected chi connectivity index (χ1v) is 7.34. The molecular weight excluding hydrogens is 286 g/mol. The SMILES string of the molecule is COc1ccccc1C1CN2CCC1CC2.O=C(O)C(=O)O. The van der Waals surface area contributed by atoms with Crippen LogP contribution in [0, 0.1) is 5.92 Å². The number of hydrogen-bond donors (Lipinski definition) is 2. The maximum Gasteiger partial charge on any atom is 0.414 e. The van der Waals surface area contributed by atoms with Gasteiger partial charge in [-0.3, -0.25) is 0 Å². The summed E-state index contributed by atoms with van der Waals surface area (Å²) in [5.41, 5.74) is 1.42. The number of carboxylic acid groups (broad SMARTS) is 2. The third kappa shape index (κ3) is 3.76. The van der Waals surface area contributed by atoms with E-state index in [-0.39, 0.29) is 0 Å². The first-order chi connectivity index (χ1) is 10.5. The van der Waals surface area contributed by atoms with Crippen LogP contribution in [-0.2, 0) is 9.59 Å². The molecule has 0 saturated carbocycles. The molecule has 120 valence electrons. The molecule has 0 aromatic heterocycles. The van der Waals surface area contributed by atoms with E-state index >= 15 is 0 Å². The highest BCUT2D eigenvalue weighted by Crippen LogP contribution is 2.41. The summed E-state index contributed by atoms with van der Waals surface area (Å²) in [6.45, 7) is 3.83. The van der Waals surface area contributed by atoms with E-state index in [1.165, 1.54) is 38.0 Å². The van der Waals surface area contributed by atoms with Crippen LogP contribution in [0.4, 0.5) is 0 Å². The minimum absolute atomic E-state index is 0.693. The highest BCUT2D eigenvalue weighted by Gasteiger charge is 2.35. The van der Waals surface area contributed by atoms with Crippen molar-refractivity contribution in [2.45, 2.75) is 18.8 Å². The molecule has 0 radical (unpaired) electrons. The van der Waals surface area contributed by atoms with Gasteiger partial charge in [-0.15, -0.1) is 0 Å². The summed E-state index contributed by atoms with van der Waals surface area (Å²) in [5, 5.41) is 14.8. The van der Waals surface area contributed by atoms with Gasteiger partial charge in [0.25, 0.3) is 0 Å². The van der Waals surface area contributed by atoms with Gasteiger partial charge in [0.1, 0.15) is 5.75 Å². The van der Waals surface area contributed by atoms with Crippen LogP contribution in [0.5, 0.6) is 5.75 Å². The minimum atomic E-state index is -1.82. The topological polar surface area (TPSA) is 87.1 Å². The van der Waals surface area contributed by atoms with Crippen LogP contribution in [0.25, 0.3) is 0 Å². The number of rotatable bonds is 2. The molecule has 0 aliphatic carbocycles. The van der Waals surface area contributed by atoms with Crippen LogP contribution in [0.15, 0.2) is 24.3 Å². The fourth-order valence-corrected chi connectivity index (χ4v) is 3.29. The molecule has 1 aromatic carbocycles. The van der Waals surface area contributed by atoms with E-state index in [0.29, 0.717) is 5.92 Å². The molecule has 3 aliphatic rings. The largest absolute Gasteiger partial charge is 0.496 e. The molecule has 0 amide bonds. The van der Waals surface area contributed by atoms with E-state index in [0.717, 1.165) is 11.7 Å². The third-order valence-electron chi connectivity index (χ3n) is 4.38. The van der Waals surface area contributed by atoms with Crippen molar-refractivity contribution in [1.29, 1.82) is 0 Å². The van der Waals surface area contributed by atoms with Crippen LogP contribution < -0.4 is 4.74 Å². The summed E-state index contributed by atoms with van der Waals surface area (Å²) in [7, 11) is 1.78. The number of fused-ring (bicyclic) bond motifs is 3. The number of carbonyl (C=O) groups is 2. The zero-order chi connectivity index (χ0) is 16.1. The van der Waals surface area contributed by atoms with Crippen LogP contribution in [0.1, 0.15) is 24.3 Å². The molecule has 3 fully saturated rings. The highest BCUT2D eigenvalue weighted by atomic mass is 16.5. The molecule has 0 spiro atoms. The third-order valence-corrected chi connectivity index (χ3v) is 4.38. The van der Waals surface area contributed by atoms with Gasteiger partial charge in [0.2, 0.25) is 0 Å². The van der Waals surface area contributed by atoms with E-state index in [4.69, 9.17) is 24.5 Å². The van der Waals surface area contributed by atoms with Gasteiger partial charge in [-0.05, 0) is 43.5 Å². The minimum Gasteiger partial charge on any atom is -0.496 e. The van der Waals surface area contributed by atoms with Crippen molar-refractivity contribution in [3.63, 3.8) is 0 Å². The van der Waals surface area contributed by atoms with Crippen molar-refractivity contribution in [2.24, 2.45) is 5.92 Å². The monoisotopic (exact) mass is 307 g/mol. The fraction of sp³-hybridized carbons (Fsp3) is 0.500. The van der Waals surface area contributed by atoms with Crippen molar-refractivity contribution in [1.82, 2.24) is 4.90 Å². The number of piperidine rings is 3. The fourth-order valence-electron chi connectivity index (χ4n) is 3.29. The van der Waals surface area contributed by atoms with Crippen molar-refractivity contribution in [2.75, 3.05) is 26.7 Å². The molecule has 3 aliphatic heterocycles. The Balaban J connectivity index is 0.000000254. The molecule has 2 bridgehead atoms. The zero-order valence-electron chi connectivity index (χ0n) is 12.6. The predicted molar refractivity (Wildman–Crippen MR) is 80.2 cm³/mol. The Kier molecular flexibility index (Phi) is 5.38. The molecule has 3 saturated heterocycles. The lowest BCUT2D eigenvalue weighted by atomic mass is 9.75. The second kappa shape index (κ2) is 7.26. The predicted octanol–water partition coefficient (Wildman–Crippen LogP) is 1.66. The van der Waals surface area contributed by atoms with E-state index in [9.17, 15) is 0 Å². The number of aliphatic carboxylic acids is 2. The Labute approximate surface area is 129 Å². The Morgan fingerprint density at radius 1 is 1.14 bits per heavy atom. The summed E-state index contributed by atoms with van der Waals surface area (Å²) < 4.78 is 5.49. The highest BCUT2D eigenvalue weighted by molar-refractivity contribution is 6.27. The molecule has 1 atom stereocenters. The van der Waals surface area contributed by atoms with Gasteiger partial charge in [0.05, 0.1) is 7.11 Å². The molecule has 4 rings (SSSR count). The number of methoxy groups -OCH3 is 1. The van der Waals surface area contributed by atoms with Gasteiger partial charge in [-0.2, -0.15) is 0 Å². The summed E-state index contributed by atoms with van der Waals surface area (Å²) >= 11 is 0. The van der Waals surface area contributed by atoms with E-state index in [1.807, 2.05) is 0 Å². The first-order valence-electron chi connectivity index (χ1n) is 7.34.